The zero-order chi connectivity index (χ0) is 13.7. The number of rotatable bonds is 5. The van der Waals surface area contributed by atoms with Crippen molar-refractivity contribution in [2.24, 2.45) is 0 Å². The maximum atomic E-state index is 12.1. The normalized spacial score (nSPS) is 11.9. The van der Waals surface area contributed by atoms with Crippen LogP contribution in [-0.2, 0) is 4.79 Å². The Morgan fingerprint density at radius 2 is 2.32 bits per heavy atom. The van der Waals surface area contributed by atoms with E-state index < -0.39 is 6.04 Å². The van der Waals surface area contributed by atoms with Crippen LogP contribution < -0.4 is 10.1 Å². The number of aromatic nitrogens is 3. The van der Waals surface area contributed by atoms with Crippen LogP contribution in [0.15, 0.2) is 36.8 Å². The fraction of sp³-hybridized carbons (Fsp3) is 0.308. The number of carbonyl (C=O) groups excluding carboxylic acids is 1. The van der Waals surface area contributed by atoms with Gasteiger partial charge in [0.1, 0.15) is 11.7 Å². The van der Waals surface area contributed by atoms with Gasteiger partial charge >= 0.3 is 0 Å². The van der Waals surface area contributed by atoms with E-state index in [0.717, 1.165) is 0 Å². The Bertz CT molecular complexity index is 539. The first kappa shape index (κ1) is 13.1. The van der Waals surface area contributed by atoms with Crippen LogP contribution in [0.4, 0.5) is 5.69 Å². The molecular weight excluding hydrogens is 244 g/mol. The molecule has 2 heterocycles. The molecule has 0 radical (unpaired) electrons. The molecule has 0 saturated carbocycles. The summed E-state index contributed by atoms with van der Waals surface area (Å²) in [5.74, 6) is 0.253. The van der Waals surface area contributed by atoms with Gasteiger partial charge in [0.15, 0.2) is 0 Å². The number of hydrogen-bond donors (Lipinski definition) is 1. The first-order chi connectivity index (χ1) is 9.22. The van der Waals surface area contributed by atoms with Crippen LogP contribution in [0.1, 0.15) is 19.9 Å². The maximum absolute atomic E-state index is 12.1. The van der Waals surface area contributed by atoms with Crippen LogP contribution in [0.2, 0.25) is 0 Å². The largest absolute Gasteiger partial charge is 0.476 e. The number of anilines is 1. The Kier molecular flexibility index (Phi) is 4.12. The van der Waals surface area contributed by atoms with Crippen molar-refractivity contribution in [3.05, 3.63) is 36.8 Å². The van der Waals surface area contributed by atoms with E-state index in [1.807, 2.05) is 6.92 Å². The molecule has 6 heteroatoms. The van der Waals surface area contributed by atoms with Gasteiger partial charge in [-0.05, 0) is 32.0 Å². The van der Waals surface area contributed by atoms with Gasteiger partial charge < -0.3 is 10.1 Å². The van der Waals surface area contributed by atoms with Gasteiger partial charge in [-0.3, -0.25) is 9.48 Å². The predicted octanol–water partition coefficient (Wildman–Crippen LogP) is 1.88. The van der Waals surface area contributed by atoms with Crippen molar-refractivity contribution in [3.8, 4) is 5.88 Å². The molecule has 2 rings (SSSR count). The molecule has 1 N–H and O–H groups in total. The second-order valence-corrected chi connectivity index (χ2v) is 3.94. The minimum Gasteiger partial charge on any atom is -0.476 e. The molecule has 0 aliphatic carbocycles. The third-order valence-electron chi connectivity index (χ3n) is 2.61. The molecule has 0 aliphatic rings. The predicted molar refractivity (Wildman–Crippen MR) is 71.0 cm³/mol. The van der Waals surface area contributed by atoms with Crippen LogP contribution in [0, 0.1) is 0 Å². The summed E-state index contributed by atoms with van der Waals surface area (Å²) >= 11 is 0. The lowest BCUT2D eigenvalue weighted by molar-refractivity contribution is -0.119. The molecule has 0 aliphatic heterocycles. The molecule has 2 aromatic rings. The van der Waals surface area contributed by atoms with E-state index in [-0.39, 0.29) is 5.91 Å². The molecule has 0 unspecified atom stereocenters. The van der Waals surface area contributed by atoms with E-state index in [9.17, 15) is 4.79 Å². The van der Waals surface area contributed by atoms with Crippen LogP contribution in [0.25, 0.3) is 0 Å². The minimum absolute atomic E-state index is 0.169. The summed E-state index contributed by atoms with van der Waals surface area (Å²) in [6, 6.07) is 4.88. The summed E-state index contributed by atoms with van der Waals surface area (Å²) < 4.78 is 6.95. The zero-order valence-corrected chi connectivity index (χ0v) is 10.9. The fourth-order valence-corrected chi connectivity index (χ4v) is 1.60. The van der Waals surface area contributed by atoms with E-state index in [1.165, 1.54) is 0 Å². The number of pyridine rings is 1. The van der Waals surface area contributed by atoms with Crippen molar-refractivity contribution >= 4 is 11.6 Å². The first-order valence-electron chi connectivity index (χ1n) is 6.10. The van der Waals surface area contributed by atoms with Gasteiger partial charge in [-0.15, -0.1) is 0 Å². The van der Waals surface area contributed by atoms with Gasteiger partial charge in [0.25, 0.3) is 0 Å². The van der Waals surface area contributed by atoms with Gasteiger partial charge in [-0.1, -0.05) is 0 Å². The number of carbonyl (C=O) groups is 1. The Balaban J connectivity index is 2.10. The Morgan fingerprint density at radius 3 is 3.00 bits per heavy atom. The molecule has 19 heavy (non-hydrogen) atoms. The van der Waals surface area contributed by atoms with Crippen molar-refractivity contribution in [3.63, 3.8) is 0 Å². The van der Waals surface area contributed by atoms with Crippen LogP contribution >= 0.6 is 0 Å². The zero-order valence-electron chi connectivity index (χ0n) is 10.9. The van der Waals surface area contributed by atoms with E-state index in [2.05, 4.69) is 15.4 Å². The van der Waals surface area contributed by atoms with E-state index in [4.69, 9.17) is 4.74 Å². The highest BCUT2D eigenvalue weighted by molar-refractivity contribution is 5.94. The Hall–Kier alpha value is -2.37. The molecule has 1 amide bonds. The van der Waals surface area contributed by atoms with Gasteiger partial charge in [-0.25, -0.2) is 4.98 Å². The minimum atomic E-state index is -0.398. The summed E-state index contributed by atoms with van der Waals surface area (Å²) in [5.41, 5.74) is 0.563. The monoisotopic (exact) mass is 260 g/mol. The standard InChI is InChI=1S/C13H16N4O2/c1-3-19-13-11(6-4-7-14-13)16-12(18)10(2)17-9-5-8-15-17/h4-10H,3H2,1-2H3,(H,16,18)/t10-/m1/s1. The molecule has 0 fully saturated rings. The Morgan fingerprint density at radius 1 is 1.47 bits per heavy atom. The fourth-order valence-electron chi connectivity index (χ4n) is 1.60. The van der Waals surface area contributed by atoms with Gasteiger partial charge in [0, 0.05) is 18.6 Å². The highest BCUT2D eigenvalue weighted by atomic mass is 16.5. The van der Waals surface area contributed by atoms with Gasteiger partial charge in [-0.2, -0.15) is 5.10 Å². The average molecular weight is 260 g/mol. The van der Waals surface area contributed by atoms with Crippen molar-refractivity contribution in [1.29, 1.82) is 0 Å². The van der Waals surface area contributed by atoms with Crippen molar-refractivity contribution in [1.82, 2.24) is 14.8 Å². The van der Waals surface area contributed by atoms with Crippen molar-refractivity contribution < 1.29 is 9.53 Å². The lowest BCUT2D eigenvalue weighted by atomic mass is 10.3. The third kappa shape index (κ3) is 3.09. The molecular formula is C13H16N4O2. The number of nitrogens with one attached hydrogen (secondary N) is 1. The number of hydrogen-bond acceptors (Lipinski definition) is 4. The first-order valence-corrected chi connectivity index (χ1v) is 6.10. The summed E-state index contributed by atoms with van der Waals surface area (Å²) in [7, 11) is 0. The molecule has 6 nitrogen and oxygen atoms in total. The number of ether oxygens (including phenoxy) is 1. The lowest BCUT2D eigenvalue weighted by Gasteiger charge is -2.14. The smallest absolute Gasteiger partial charge is 0.249 e. The summed E-state index contributed by atoms with van der Waals surface area (Å²) in [6.07, 6.45) is 5.01. The molecule has 0 saturated heterocycles. The van der Waals surface area contributed by atoms with Crippen LogP contribution in [-0.4, -0.2) is 27.3 Å². The molecule has 0 bridgehead atoms. The maximum Gasteiger partial charge on any atom is 0.249 e. The summed E-state index contributed by atoms with van der Waals surface area (Å²) in [6.45, 7) is 4.14. The number of amides is 1. The van der Waals surface area contributed by atoms with Crippen LogP contribution in [0.5, 0.6) is 5.88 Å². The van der Waals surface area contributed by atoms with Crippen molar-refractivity contribution in [2.75, 3.05) is 11.9 Å². The third-order valence-corrected chi connectivity index (χ3v) is 2.61. The highest BCUT2D eigenvalue weighted by Crippen LogP contribution is 2.21. The summed E-state index contributed by atoms with van der Waals surface area (Å²) in [5, 5.41) is 6.84. The quantitative estimate of drug-likeness (QED) is 0.891. The molecule has 100 valence electrons. The highest BCUT2D eigenvalue weighted by Gasteiger charge is 2.17. The van der Waals surface area contributed by atoms with E-state index in [1.54, 1.807) is 48.4 Å². The van der Waals surface area contributed by atoms with Gasteiger partial charge in [0.05, 0.1) is 6.61 Å². The Labute approximate surface area is 111 Å². The van der Waals surface area contributed by atoms with Gasteiger partial charge in [0.2, 0.25) is 11.8 Å². The molecule has 0 spiro atoms. The summed E-state index contributed by atoms with van der Waals surface area (Å²) in [4.78, 5) is 16.2. The molecule has 2 aromatic heterocycles. The lowest BCUT2D eigenvalue weighted by Crippen LogP contribution is -2.24. The van der Waals surface area contributed by atoms with E-state index in [0.29, 0.717) is 18.2 Å². The van der Waals surface area contributed by atoms with Crippen LogP contribution in [0.3, 0.4) is 0 Å². The van der Waals surface area contributed by atoms with Crippen molar-refractivity contribution in [2.45, 2.75) is 19.9 Å². The second kappa shape index (κ2) is 5.99. The number of nitrogens with zero attached hydrogens (tertiary/aromatic N) is 3. The average Bonchev–Trinajstić information content (AvgIpc) is 2.94. The second-order valence-electron chi connectivity index (χ2n) is 3.94. The van der Waals surface area contributed by atoms with E-state index >= 15 is 0 Å². The SMILES string of the molecule is CCOc1ncccc1NC(=O)[C@@H](C)n1cccn1. The topological polar surface area (TPSA) is 69.0 Å². The molecule has 1 atom stereocenters. The molecule has 0 aromatic carbocycles.